The quantitative estimate of drug-likeness (QED) is 0.729. The van der Waals surface area contributed by atoms with Crippen molar-refractivity contribution in [3.8, 4) is 0 Å². The van der Waals surface area contributed by atoms with E-state index in [0.29, 0.717) is 5.70 Å². The Kier molecular flexibility index (Phi) is 4.69. The molecule has 19 heavy (non-hydrogen) atoms. The molecule has 0 aliphatic heterocycles. The van der Waals surface area contributed by atoms with Crippen LogP contribution in [0.15, 0.2) is 23.9 Å². The lowest BCUT2D eigenvalue weighted by Crippen LogP contribution is -2.10. The summed E-state index contributed by atoms with van der Waals surface area (Å²) in [5.41, 5.74) is 3.87. The molecule has 5 nitrogen and oxygen atoms in total. The number of aliphatic carboxylic acids is 1. The summed E-state index contributed by atoms with van der Waals surface area (Å²) in [5.74, 6) is -1.14. The van der Waals surface area contributed by atoms with Crippen molar-refractivity contribution >= 4 is 23.3 Å². The number of carbonyl (C=O) groups excluding carboxylic acids is 1. The van der Waals surface area contributed by atoms with Crippen LogP contribution >= 0.6 is 0 Å². The topological polar surface area (TPSA) is 78.4 Å². The van der Waals surface area contributed by atoms with E-state index in [9.17, 15) is 9.59 Å². The SMILES string of the molecule is CC(=O)Nc1c(C)ccc(N/C(C)=C\C(=O)O)c1C. The van der Waals surface area contributed by atoms with E-state index in [4.69, 9.17) is 5.11 Å². The zero-order valence-corrected chi connectivity index (χ0v) is 11.5. The van der Waals surface area contributed by atoms with Crippen LogP contribution in [0.3, 0.4) is 0 Å². The Labute approximate surface area is 112 Å². The van der Waals surface area contributed by atoms with Gasteiger partial charge in [0.1, 0.15) is 0 Å². The van der Waals surface area contributed by atoms with Crippen molar-refractivity contribution in [1.29, 1.82) is 0 Å². The molecule has 102 valence electrons. The number of hydrogen-bond acceptors (Lipinski definition) is 3. The van der Waals surface area contributed by atoms with E-state index >= 15 is 0 Å². The number of anilines is 2. The molecule has 0 spiro atoms. The van der Waals surface area contributed by atoms with Crippen molar-refractivity contribution in [3.63, 3.8) is 0 Å². The van der Waals surface area contributed by atoms with Crippen molar-refractivity contribution in [1.82, 2.24) is 0 Å². The molecule has 1 aromatic rings. The fourth-order valence-electron chi connectivity index (χ4n) is 1.78. The molecule has 0 fully saturated rings. The highest BCUT2D eigenvalue weighted by Gasteiger charge is 2.09. The third-order valence-corrected chi connectivity index (χ3v) is 2.65. The van der Waals surface area contributed by atoms with E-state index in [2.05, 4.69) is 10.6 Å². The van der Waals surface area contributed by atoms with Gasteiger partial charge in [-0.3, -0.25) is 4.79 Å². The second kappa shape index (κ2) is 6.04. The minimum Gasteiger partial charge on any atom is -0.478 e. The van der Waals surface area contributed by atoms with Gasteiger partial charge < -0.3 is 15.7 Å². The second-order valence-electron chi connectivity index (χ2n) is 4.40. The molecule has 0 atom stereocenters. The van der Waals surface area contributed by atoms with Crippen LogP contribution in [-0.2, 0) is 9.59 Å². The molecule has 1 aromatic carbocycles. The molecule has 0 saturated heterocycles. The minimum absolute atomic E-state index is 0.138. The lowest BCUT2D eigenvalue weighted by atomic mass is 10.1. The summed E-state index contributed by atoms with van der Waals surface area (Å²) >= 11 is 0. The zero-order valence-electron chi connectivity index (χ0n) is 11.5. The van der Waals surface area contributed by atoms with Crippen molar-refractivity contribution in [3.05, 3.63) is 35.0 Å². The fraction of sp³-hybridized carbons (Fsp3) is 0.286. The number of hydrogen-bond donors (Lipinski definition) is 3. The predicted octanol–water partition coefficient (Wildman–Crippen LogP) is 2.66. The van der Waals surface area contributed by atoms with Crippen LogP contribution in [0.25, 0.3) is 0 Å². The summed E-state index contributed by atoms with van der Waals surface area (Å²) in [5, 5.41) is 14.5. The Morgan fingerprint density at radius 2 is 1.79 bits per heavy atom. The van der Waals surface area contributed by atoms with Crippen molar-refractivity contribution in [2.75, 3.05) is 10.6 Å². The van der Waals surface area contributed by atoms with Crippen LogP contribution in [0.1, 0.15) is 25.0 Å². The van der Waals surface area contributed by atoms with Crippen LogP contribution in [-0.4, -0.2) is 17.0 Å². The minimum atomic E-state index is -1.00. The molecule has 0 radical (unpaired) electrons. The summed E-state index contributed by atoms with van der Waals surface area (Å²) in [6, 6.07) is 3.73. The molecule has 1 rings (SSSR count). The number of carboxylic acid groups (broad SMARTS) is 1. The Morgan fingerprint density at radius 1 is 1.16 bits per heavy atom. The summed E-state index contributed by atoms with van der Waals surface area (Å²) in [7, 11) is 0. The molecule has 0 unspecified atom stereocenters. The van der Waals surface area contributed by atoms with Gasteiger partial charge in [-0.1, -0.05) is 6.07 Å². The van der Waals surface area contributed by atoms with Gasteiger partial charge >= 0.3 is 5.97 Å². The van der Waals surface area contributed by atoms with Gasteiger partial charge in [0.2, 0.25) is 5.91 Å². The van der Waals surface area contributed by atoms with E-state index in [0.717, 1.165) is 28.6 Å². The molecular weight excluding hydrogens is 244 g/mol. The Balaban J connectivity index is 3.10. The van der Waals surface area contributed by atoms with Crippen LogP contribution in [0, 0.1) is 13.8 Å². The van der Waals surface area contributed by atoms with E-state index in [1.165, 1.54) is 6.92 Å². The summed E-state index contributed by atoms with van der Waals surface area (Å²) < 4.78 is 0. The van der Waals surface area contributed by atoms with Crippen LogP contribution < -0.4 is 10.6 Å². The van der Waals surface area contributed by atoms with Gasteiger partial charge in [0.25, 0.3) is 0 Å². The lowest BCUT2D eigenvalue weighted by Gasteiger charge is -2.16. The second-order valence-corrected chi connectivity index (χ2v) is 4.40. The highest BCUT2D eigenvalue weighted by Crippen LogP contribution is 2.28. The standard InChI is InChI=1S/C14H18N2O3/c1-8-5-6-12(15-9(2)7-13(18)19)10(3)14(8)16-11(4)17/h5-7,15H,1-4H3,(H,16,17)(H,18,19)/b9-7-. The first-order valence-corrected chi connectivity index (χ1v) is 5.87. The van der Waals surface area contributed by atoms with Gasteiger partial charge in [-0.15, -0.1) is 0 Å². The number of allylic oxidation sites excluding steroid dienone is 1. The van der Waals surface area contributed by atoms with Gasteiger partial charge in [-0.2, -0.15) is 0 Å². The maximum atomic E-state index is 11.2. The van der Waals surface area contributed by atoms with Gasteiger partial charge in [-0.25, -0.2) is 4.79 Å². The Hall–Kier alpha value is -2.30. The zero-order chi connectivity index (χ0) is 14.6. The van der Waals surface area contributed by atoms with Crippen molar-refractivity contribution in [2.24, 2.45) is 0 Å². The van der Waals surface area contributed by atoms with Crippen molar-refractivity contribution in [2.45, 2.75) is 27.7 Å². The first-order chi connectivity index (χ1) is 8.81. The third kappa shape index (κ3) is 4.13. The monoisotopic (exact) mass is 262 g/mol. The number of nitrogens with one attached hydrogen (secondary N) is 2. The first-order valence-electron chi connectivity index (χ1n) is 5.87. The summed E-state index contributed by atoms with van der Waals surface area (Å²) in [4.78, 5) is 21.8. The van der Waals surface area contributed by atoms with Crippen LogP contribution in [0.4, 0.5) is 11.4 Å². The molecule has 3 N–H and O–H groups in total. The molecule has 0 aliphatic carbocycles. The smallest absolute Gasteiger partial charge is 0.330 e. The molecule has 0 aromatic heterocycles. The van der Waals surface area contributed by atoms with Crippen molar-refractivity contribution < 1.29 is 14.7 Å². The largest absolute Gasteiger partial charge is 0.478 e. The van der Waals surface area contributed by atoms with Gasteiger partial charge in [0.05, 0.1) is 0 Å². The predicted molar refractivity (Wildman–Crippen MR) is 75.2 cm³/mol. The van der Waals surface area contributed by atoms with E-state index in [1.54, 1.807) is 6.92 Å². The maximum Gasteiger partial charge on any atom is 0.330 e. The van der Waals surface area contributed by atoms with Gasteiger partial charge in [0.15, 0.2) is 0 Å². The Morgan fingerprint density at radius 3 is 2.32 bits per heavy atom. The van der Waals surface area contributed by atoms with E-state index in [-0.39, 0.29) is 5.91 Å². The average molecular weight is 262 g/mol. The van der Waals surface area contributed by atoms with Crippen LogP contribution in [0.2, 0.25) is 0 Å². The maximum absolute atomic E-state index is 11.2. The number of benzene rings is 1. The molecule has 0 heterocycles. The summed E-state index contributed by atoms with van der Waals surface area (Å²) in [6.45, 7) is 6.90. The highest BCUT2D eigenvalue weighted by molar-refractivity contribution is 5.92. The number of carbonyl (C=O) groups is 2. The first kappa shape index (κ1) is 14.8. The van der Waals surface area contributed by atoms with Gasteiger partial charge in [-0.05, 0) is 38.0 Å². The molecular formula is C14H18N2O3. The molecule has 0 bridgehead atoms. The third-order valence-electron chi connectivity index (χ3n) is 2.65. The molecule has 0 aliphatic rings. The normalized spacial score (nSPS) is 11.1. The Bertz CT molecular complexity index is 548. The molecule has 5 heteroatoms. The summed E-state index contributed by atoms with van der Waals surface area (Å²) in [6.07, 6.45) is 1.09. The number of rotatable bonds is 4. The van der Waals surface area contributed by atoms with E-state index in [1.807, 2.05) is 26.0 Å². The molecule has 1 amide bonds. The average Bonchev–Trinajstić information content (AvgIpc) is 2.27. The van der Waals surface area contributed by atoms with E-state index < -0.39 is 5.97 Å². The van der Waals surface area contributed by atoms with Crippen LogP contribution in [0.5, 0.6) is 0 Å². The number of amides is 1. The highest BCUT2D eigenvalue weighted by atomic mass is 16.4. The number of carboxylic acids is 1. The molecule has 0 saturated carbocycles. The lowest BCUT2D eigenvalue weighted by molar-refractivity contribution is -0.131. The number of aryl methyl sites for hydroxylation is 1. The van der Waals surface area contributed by atoms with Gasteiger partial charge in [0, 0.05) is 30.1 Å². The fourth-order valence-corrected chi connectivity index (χ4v) is 1.78.